The van der Waals surface area contributed by atoms with Gasteiger partial charge in [-0.2, -0.15) is 8.42 Å². The third-order valence-electron chi connectivity index (χ3n) is 3.02. The second-order valence-electron chi connectivity index (χ2n) is 4.28. The molecule has 1 spiro atoms. The maximum atomic E-state index is 11.1. The van der Waals surface area contributed by atoms with E-state index >= 15 is 0 Å². The van der Waals surface area contributed by atoms with E-state index in [0.29, 0.717) is 0 Å². The van der Waals surface area contributed by atoms with Gasteiger partial charge in [0.15, 0.2) is 0 Å². The molecule has 1 aliphatic heterocycles. The molecule has 2 fully saturated rings. The molecule has 15 heavy (non-hydrogen) atoms. The van der Waals surface area contributed by atoms with Gasteiger partial charge in [-0.15, -0.1) is 0 Å². The molecule has 0 aromatic rings. The normalized spacial score (nSPS) is 30.9. The van der Waals surface area contributed by atoms with E-state index in [1.165, 1.54) is 0 Å². The maximum absolute atomic E-state index is 11.1. The molecule has 2 rings (SSSR count). The van der Waals surface area contributed by atoms with Crippen molar-refractivity contribution in [2.75, 3.05) is 12.9 Å². The largest absolute Gasteiger partial charge is 0.264 e. The van der Waals surface area contributed by atoms with E-state index in [1.807, 2.05) is 0 Å². The highest BCUT2D eigenvalue weighted by molar-refractivity contribution is 7.86. The summed E-state index contributed by atoms with van der Waals surface area (Å²) in [7, 11) is -3.44. The van der Waals surface area contributed by atoms with Gasteiger partial charge in [-0.25, -0.2) is 9.78 Å². The smallest absolute Gasteiger partial charge is 0.261 e. The average molecular weight is 236 g/mol. The van der Waals surface area contributed by atoms with Gasteiger partial charge in [-0.05, 0) is 12.8 Å². The summed E-state index contributed by atoms with van der Waals surface area (Å²) in [4.78, 5) is 10.2. The number of rotatable bonds is 2. The van der Waals surface area contributed by atoms with Gasteiger partial charge in [0.1, 0.15) is 18.3 Å². The highest BCUT2D eigenvalue weighted by atomic mass is 32.2. The van der Waals surface area contributed by atoms with Crippen LogP contribution in [0, 0.1) is 0 Å². The quantitative estimate of drug-likeness (QED) is 0.528. The number of hydrogen-bond acceptors (Lipinski definition) is 5. The predicted octanol–water partition coefficient (Wildman–Crippen LogP) is 0.996. The lowest BCUT2D eigenvalue weighted by Crippen LogP contribution is -2.44. The fourth-order valence-electron chi connectivity index (χ4n) is 2.30. The molecule has 88 valence electrons. The molecular weight excluding hydrogens is 220 g/mol. The molecule has 6 heteroatoms. The molecule has 0 amide bonds. The summed E-state index contributed by atoms with van der Waals surface area (Å²) in [6.45, 7) is 0.201. The van der Waals surface area contributed by atoms with Gasteiger partial charge in [-0.3, -0.25) is 4.18 Å². The SMILES string of the molecule is CS(=O)(=O)OC1COOC12CCCCC2. The molecular formula is C9H16O5S. The van der Waals surface area contributed by atoms with Crippen molar-refractivity contribution in [3.05, 3.63) is 0 Å². The summed E-state index contributed by atoms with van der Waals surface area (Å²) >= 11 is 0. The molecule has 0 radical (unpaired) electrons. The molecule has 1 saturated heterocycles. The zero-order valence-corrected chi connectivity index (χ0v) is 9.59. The van der Waals surface area contributed by atoms with Crippen LogP contribution in [0.1, 0.15) is 32.1 Å². The topological polar surface area (TPSA) is 61.8 Å². The van der Waals surface area contributed by atoms with Crippen molar-refractivity contribution >= 4 is 10.1 Å². The first-order valence-electron chi connectivity index (χ1n) is 5.21. The van der Waals surface area contributed by atoms with Gasteiger partial charge >= 0.3 is 0 Å². The Morgan fingerprint density at radius 1 is 1.27 bits per heavy atom. The van der Waals surface area contributed by atoms with Gasteiger partial charge in [0, 0.05) is 0 Å². The van der Waals surface area contributed by atoms with Crippen LogP contribution in [-0.4, -0.2) is 33.0 Å². The molecule has 1 aliphatic carbocycles. The second kappa shape index (κ2) is 4.01. The van der Waals surface area contributed by atoms with E-state index in [2.05, 4.69) is 0 Å². The molecule has 0 bridgehead atoms. The molecule has 1 saturated carbocycles. The van der Waals surface area contributed by atoms with Gasteiger partial charge < -0.3 is 0 Å². The van der Waals surface area contributed by atoms with Crippen LogP contribution in [0.3, 0.4) is 0 Å². The minimum Gasteiger partial charge on any atom is -0.261 e. The van der Waals surface area contributed by atoms with E-state index in [0.717, 1.165) is 38.4 Å². The van der Waals surface area contributed by atoms with Crippen LogP contribution in [0.5, 0.6) is 0 Å². The van der Waals surface area contributed by atoms with Crippen LogP contribution in [0.4, 0.5) is 0 Å². The lowest BCUT2D eigenvalue weighted by Gasteiger charge is -2.33. The minimum absolute atomic E-state index is 0.201. The highest BCUT2D eigenvalue weighted by Gasteiger charge is 2.49. The third kappa shape index (κ3) is 2.50. The Kier molecular flexibility index (Phi) is 3.03. The van der Waals surface area contributed by atoms with E-state index in [-0.39, 0.29) is 6.61 Å². The lowest BCUT2D eigenvalue weighted by molar-refractivity contribution is -0.316. The van der Waals surface area contributed by atoms with E-state index in [4.69, 9.17) is 14.0 Å². The fraction of sp³-hybridized carbons (Fsp3) is 1.00. The molecule has 5 nitrogen and oxygen atoms in total. The van der Waals surface area contributed by atoms with Crippen LogP contribution in [-0.2, 0) is 24.1 Å². The maximum Gasteiger partial charge on any atom is 0.264 e. The molecule has 2 aliphatic rings. The Morgan fingerprint density at radius 2 is 1.93 bits per heavy atom. The lowest BCUT2D eigenvalue weighted by atomic mass is 9.81. The number of hydrogen-bond donors (Lipinski definition) is 0. The summed E-state index contributed by atoms with van der Waals surface area (Å²) in [6, 6.07) is 0. The van der Waals surface area contributed by atoms with Crippen molar-refractivity contribution in [1.29, 1.82) is 0 Å². The van der Waals surface area contributed by atoms with Crippen molar-refractivity contribution in [3.8, 4) is 0 Å². The van der Waals surface area contributed by atoms with E-state index < -0.39 is 21.8 Å². The van der Waals surface area contributed by atoms with Gasteiger partial charge in [0.2, 0.25) is 0 Å². The van der Waals surface area contributed by atoms with E-state index in [1.54, 1.807) is 0 Å². The van der Waals surface area contributed by atoms with Crippen LogP contribution >= 0.6 is 0 Å². The molecule has 0 aromatic carbocycles. The first-order chi connectivity index (χ1) is 7.02. The van der Waals surface area contributed by atoms with Crippen molar-refractivity contribution < 1.29 is 22.4 Å². The summed E-state index contributed by atoms with van der Waals surface area (Å²) in [5, 5.41) is 0. The van der Waals surface area contributed by atoms with Crippen LogP contribution in [0.2, 0.25) is 0 Å². The van der Waals surface area contributed by atoms with Crippen molar-refractivity contribution in [2.24, 2.45) is 0 Å². The monoisotopic (exact) mass is 236 g/mol. The highest BCUT2D eigenvalue weighted by Crippen LogP contribution is 2.40. The summed E-state index contributed by atoms with van der Waals surface area (Å²) in [6.07, 6.45) is 5.44. The summed E-state index contributed by atoms with van der Waals surface area (Å²) in [5.41, 5.74) is -0.526. The van der Waals surface area contributed by atoms with Gasteiger partial charge in [0.05, 0.1) is 6.26 Å². The van der Waals surface area contributed by atoms with E-state index in [9.17, 15) is 8.42 Å². The Bertz CT molecular complexity index is 317. The molecule has 1 unspecified atom stereocenters. The zero-order valence-electron chi connectivity index (χ0n) is 8.77. The summed E-state index contributed by atoms with van der Waals surface area (Å²) in [5.74, 6) is 0. The Hall–Kier alpha value is -0.170. The molecule has 0 aromatic heterocycles. The Labute approximate surface area is 89.8 Å². The average Bonchev–Trinajstić information content (AvgIpc) is 2.48. The predicted molar refractivity (Wildman–Crippen MR) is 52.6 cm³/mol. The van der Waals surface area contributed by atoms with Crippen molar-refractivity contribution in [1.82, 2.24) is 0 Å². The Morgan fingerprint density at radius 3 is 2.53 bits per heavy atom. The molecule has 1 heterocycles. The van der Waals surface area contributed by atoms with Crippen molar-refractivity contribution in [2.45, 2.75) is 43.8 Å². The third-order valence-corrected chi connectivity index (χ3v) is 3.60. The van der Waals surface area contributed by atoms with Gasteiger partial charge in [-0.1, -0.05) is 19.3 Å². The standard InChI is InChI=1S/C9H16O5S/c1-15(10,11)13-8-7-12-14-9(8)5-3-2-4-6-9/h8H,2-7H2,1H3. The minimum atomic E-state index is -3.44. The van der Waals surface area contributed by atoms with Crippen LogP contribution in [0.25, 0.3) is 0 Å². The fourth-order valence-corrected chi connectivity index (χ4v) is 2.95. The Balaban J connectivity index is 2.10. The summed E-state index contributed by atoms with van der Waals surface area (Å²) < 4.78 is 27.2. The second-order valence-corrected chi connectivity index (χ2v) is 5.88. The first kappa shape index (κ1) is 11.3. The first-order valence-corrected chi connectivity index (χ1v) is 7.02. The van der Waals surface area contributed by atoms with Crippen molar-refractivity contribution in [3.63, 3.8) is 0 Å². The molecule has 0 N–H and O–H groups in total. The van der Waals surface area contributed by atoms with Crippen LogP contribution < -0.4 is 0 Å². The van der Waals surface area contributed by atoms with Crippen LogP contribution in [0.15, 0.2) is 0 Å². The zero-order chi connectivity index (χ0) is 10.9. The van der Waals surface area contributed by atoms with Gasteiger partial charge in [0.25, 0.3) is 10.1 Å². The molecule has 1 atom stereocenters.